The first-order valence-corrected chi connectivity index (χ1v) is 2.92. The molecule has 0 aliphatic heterocycles. The van der Waals surface area contributed by atoms with E-state index in [-0.39, 0.29) is 11.5 Å². The summed E-state index contributed by atoms with van der Waals surface area (Å²) >= 11 is 0. The molecule has 1 aliphatic carbocycles. The molecule has 0 aromatic rings. The van der Waals surface area contributed by atoms with Crippen molar-refractivity contribution in [2.75, 3.05) is 0 Å². The Hall–Kier alpha value is -0.730. The number of carbonyl (C=O) groups is 1. The Morgan fingerprint density at radius 3 is 2.33 bits per heavy atom. The zero-order valence-electron chi connectivity index (χ0n) is 5.55. The van der Waals surface area contributed by atoms with Gasteiger partial charge in [0.1, 0.15) is 6.10 Å². The Balaban J connectivity index is 2.28. The molecule has 0 radical (unpaired) electrons. The predicted molar refractivity (Wildman–Crippen MR) is 31.3 cm³/mol. The van der Waals surface area contributed by atoms with Crippen LogP contribution in [0.25, 0.3) is 0 Å². The van der Waals surface area contributed by atoms with E-state index in [4.69, 9.17) is 5.11 Å². The molecular weight excluding hydrogens is 120 g/mol. The molecule has 3 heteroatoms. The van der Waals surface area contributed by atoms with Gasteiger partial charge in [0.05, 0.1) is 0 Å². The monoisotopic (exact) mass is 130 g/mol. The lowest BCUT2D eigenvalue weighted by Gasteiger charge is -1.99. The highest BCUT2D eigenvalue weighted by atomic mass is 16.7. The molecule has 0 aromatic carbocycles. The second kappa shape index (κ2) is 1.62. The molecule has 52 valence electrons. The van der Waals surface area contributed by atoms with E-state index in [2.05, 4.69) is 4.74 Å². The molecule has 9 heavy (non-hydrogen) atoms. The van der Waals surface area contributed by atoms with E-state index >= 15 is 0 Å². The van der Waals surface area contributed by atoms with E-state index < -0.39 is 6.16 Å². The lowest BCUT2D eigenvalue weighted by molar-refractivity contribution is 0.0747. The number of ether oxygens (including phenoxy) is 1. The third-order valence-electron chi connectivity index (χ3n) is 1.67. The second-order valence-electron chi connectivity index (χ2n) is 3.07. The minimum atomic E-state index is -1.16. The fraction of sp³-hybridized carbons (Fsp3) is 0.833. The van der Waals surface area contributed by atoms with Crippen molar-refractivity contribution in [2.45, 2.75) is 26.4 Å². The van der Waals surface area contributed by atoms with Gasteiger partial charge in [-0.1, -0.05) is 13.8 Å². The van der Waals surface area contributed by atoms with Crippen molar-refractivity contribution in [1.82, 2.24) is 0 Å². The molecule has 0 aromatic heterocycles. The summed E-state index contributed by atoms with van der Waals surface area (Å²) in [4.78, 5) is 9.92. The second-order valence-corrected chi connectivity index (χ2v) is 3.07. The Morgan fingerprint density at radius 2 is 2.22 bits per heavy atom. The average molecular weight is 130 g/mol. The van der Waals surface area contributed by atoms with Gasteiger partial charge in [-0.2, -0.15) is 0 Å². The van der Waals surface area contributed by atoms with Crippen molar-refractivity contribution in [2.24, 2.45) is 5.41 Å². The number of hydrogen-bond donors (Lipinski definition) is 1. The largest absolute Gasteiger partial charge is 0.506 e. The third kappa shape index (κ3) is 1.34. The summed E-state index contributed by atoms with van der Waals surface area (Å²) in [7, 11) is 0. The molecule has 3 nitrogen and oxygen atoms in total. The van der Waals surface area contributed by atoms with Gasteiger partial charge in [0.25, 0.3) is 0 Å². The van der Waals surface area contributed by atoms with Crippen LogP contribution in [0.1, 0.15) is 20.3 Å². The number of carboxylic acid groups (broad SMARTS) is 1. The van der Waals surface area contributed by atoms with E-state index in [0.29, 0.717) is 0 Å². The molecule has 0 spiro atoms. The Bertz CT molecular complexity index is 139. The third-order valence-corrected chi connectivity index (χ3v) is 1.67. The molecule has 0 unspecified atom stereocenters. The average Bonchev–Trinajstić information content (AvgIpc) is 2.10. The van der Waals surface area contributed by atoms with Gasteiger partial charge in [-0.3, -0.25) is 0 Å². The fourth-order valence-electron chi connectivity index (χ4n) is 0.742. The molecule has 1 aliphatic rings. The zero-order valence-corrected chi connectivity index (χ0v) is 5.55. The molecule has 1 saturated carbocycles. The molecule has 0 amide bonds. The van der Waals surface area contributed by atoms with Gasteiger partial charge in [0.15, 0.2) is 0 Å². The molecule has 1 atom stereocenters. The highest BCUT2D eigenvalue weighted by molar-refractivity contribution is 5.57. The highest BCUT2D eigenvalue weighted by Gasteiger charge is 2.49. The van der Waals surface area contributed by atoms with E-state index in [1.807, 2.05) is 13.8 Å². The van der Waals surface area contributed by atoms with Crippen molar-refractivity contribution in [3.8, 4) is 0 Å². The Morgan fingerprint density at radius 1 is 1.78 bits per heavy atom. The van der Waals surface area contributed by atoms with E-state index in [9.17, 15) is 4.79 Å². The molecule has 1 rings (SSSR count). The molecule has 0 heterocycles. The lowest BCUT2D eigenvalue weighted by atomic mass is 10.2. The van der Waals surface area contributed by atoms with Crippen LogP contribution in [0.2, 0.25) is 0 Å². The van der Waals surface area contributed by atoms with Crippen LogP contribution in [-0.2, 0) is 4.74 Å². The maximum Gasteiger partial charge on any atom is 0.506 e. The van der Waals surface area contributed by atoms with Crippen molar-refractivity contribution < 1.29 is 14.6 Å². The van der Waals surface area contributed by atoms with Crippen LogP contribution < -0.4 is 0 Å². The maximum atomic E-state index is 9.92. The van der Waals surface area contributed by atoms with Crippen LogP contribution in [0.3, 0.4) is 0 Å². The first kappa shape index (κ1) is 6.39. The minimum Gasteiger partial charge on any atom is -0.450 e. The first-order valence-electron chi connectivity index (χ1n) is 2.92. The van der Waals surface area contributed by atoms with Crippen LogP contribution >= 0.6 is 0 Å². The van der Waals surface area contributed by atoms with Gasteiger partial charge in [-0.25, -0.2) is 4.79 Å². The SMILES string of the molecule is CC1(C)C[C@@H]1OC(=O)O. The van der Waals surface area contributed by atoms with Gasteiger partial charge in [-0.15, -0.1) is 0 Å². The van der Waals surface area contributed by atoms with Gasteiger partial charge < -0.3 is 9.84 Å². The van der Waals surface area contributed by atoms with Crippen LogP contribution in [0, 0.1) is 5.41 Å². The van der Waals surface area contributed by atoms with E-state index in [0.717, 1.165) is 6.42 Å². The summed E-state index contributed by atoms with van der Waals surface area (Å²) < 4.78 is 4.49. The predicted octanol–water partition coefficient (Wildman–Crippen LogP) is 1.48. The Kier molecular flexibility index (Phi) is 1.15. The molecule has 1 fully saturated rings. The quantitative estimate of drug-likeness (QED) is 0.547. The standard InChI is InChI=1S/C6H10O3/c1-6(2)3-4(6)9-5(7)8/h4H,3H2,1-2H3,(H,7,8)/t4-/m0/s1. The zero-order chi connectivity index (χ0) is 7.07. The molecule has 1 N–H and O–H groups in total. The van der Waals surface area contributed by atoms with Gasteiger partial charge in [0.2, 0.25) is 0 Å². The number of hydrogen-bond acceptors (Lipinski definition) is 2. The molecular formula is C6H10O3. The summed E-state index contributed by atoms with van der Waals surface area (Å²) in [5, 5.41) is 8.13. The maximum absolute atomic E-state index is 9.92. The van der Waals surface area contributed by atoms with Crippen molar-refractivity contribution in [3.05, 3.63) is 0 Å². The highest BCUT2D eigenvalue weighted by Crippen LogP contribution is 2.47. The van der Waals surface area contributed by atoms with Crippen molar-refractivity contribution >= 4 is 6.16 Å². The van der Waals surface area contributed by atoms with Crippen LogP contribution in [0.5, 0.6) is 0 Å². The van der Waals surface area contributed by atoms with Gasteiger partial charge in [0, 0.05) is 5.41 Å². The van der Waals surface area contributed by atoms with Crippen LogP contribution in [-0.4, -0.2) is 17.4 Å². The number of rotatable bonds is 1. The smallest absolute Gasteiger partial charge is 0.450 e. The summed E-state index contributed by atoms with van der Waals surface area (Å²) in [6.45, 7) is 3.97. The summed E-state index contributed by atoms with van der Waals surface area (Å²) in [6.07, 6.45) is -0.361. The van der Waals surface area contributed by atoms with E-state index in [1.54, 1.807) is 0 Å². The minimum absolute atomic E-state index is 0.0602. The van der Waals surface area contributed by atoms with Crippen LogP contribution in [0.15, 0.2) is 0 Å². The normalized spacial score (nSPS) is 29.3. The van der Waals surface area contributed by atoms with Crippen molar-refractivity contribution in [3.63, 3.8) is 0 Å². The van der Waals surface area contributed by atoms with Crippen LogP contribution in [0.4, 0.5) is 4.79 Å². The fourth-order valence-corrected chi connectivity index (χ4v) is 0.742. The van der Waals surface area contributed by atoms with Crippen molar-refractivity contribution in [1.29, 1.82) is 0 Å². The topological polar surface area (TPSA) is 46.5 Å². The van der Waals surface area contributed by atoms with E-state index in [1.165, 1.54) is 0 Å². The molecule has 0 bridgehead atoms. The summed E-state index contributed by atoms with van der Waals surface area (Å²) in [5.74, 6) is 0. The van der Waals surface area contributed by atoms with Gasteiger partial charge in [-0.05, 0) is 6.42 Å². The summed E-state index contributed by atoms with van der Waals surface area (Å²) in [5.41, 5.74) is 0.0956. The first-order chi connectivity index (χ1) is 4.02. The molecule has 0 saturated heterocycles. The lowest BCUT2D eigenvalue weighted by Crippen LogP contribution is -2.06. The summed E-state index contributed by atoms with van der Waals surface area (Å²) in [6, 6.07) is 0. The van der Waals surface area contributed by atoms with Gasteiger partial charge >= 0.3 is 6.16 Å². The Labute approximate surface area is 53.6 Å².